The molecule has 3 heterocycles. The molecule has 0 spiro atoms. The number of fused-ring (bicyclic) bond motifs is 12. The lowest BCUT2D eigenvalue weighted by Gasteiger charge is -2.48. The lowest BCUT2D eigenvalue weighted by molar-refractivity contribution is 0.191. The van der Waals surface area contributed by atoms with Gasteiger partial charge in [-0.15, -0.1) is 0 Å². The number of nitrogens with zero attached hydrogens (tertiary/aromatic N) is 2. The molecule has 0 saturated heterocycles. The summed E-state index contributed by atoms with van der Waals surface area (Å²) in [5.74, 6) is 1.22. The number of furan rings is 1. The predicted molar refractivity (Wildman–Crippen MR) is 321 cm³/mol. The molecule has 0 N–H and O–H groups in total. The normalized spacial score (nSPS) is 23.4. The van der Waals surface area contributed by atoms with Gasteiger partial charge < -0.3 is 14.2 Å². The molecule has 6 aromatic carbocycles. The number of anilines is 6. The maximum atomic E-state index is 7.83. The van der Waals surface area contributed by atoms with E-state index in [0.717, 1.165) is 36.4 Å². The standard InChI is InChI=1S/C71H83BN2O/c1-42-44-23-20-30-71(16,41-44)51-37-49-59(38-48(42)51)75-64-63(49)73(47-26-24-45(25-27-47)65(2,3)4)57-35-46(66(5,6)7)36-58-62(57)72(64)54-39-52-53(69(12,13)32-31-68(52,10)11)40-56(54)74(58)55-29-28-50-61(60(55)43-21-18-17-19-22-43)70(14,15)34-33-67(50,8)9/h17-19,21-22,24-29,35-40,42,44H,20,23,30-34,41H2,1-16H3. The monoisotopic (exact) mass is 991 g/mol. The molecular formula is C71H83BN2O. The van der Waals surface area contributed by atoms with Crippen LogP contribution >= 0.6 is 0 Å². The minimum Gasteiger partial charge on any atom is -0.468 e. The molecule has 75 heavy (non-hydrogen) atoms. The molecule has 386 valence electrons. The van der Waals surface area contributed by atoms with Gasteiger partial charge in [0.2, 0.25) is 0 Å². The fourth-order valence-electron chi connectivity index (χ4n) is 15.9. The zero-order valence-electron chi connectivity index (χ0n) is 48.5. The van der Waals surface area contributed by atoms with Gasteiger partial charge in [0, 0.05) is 33.7 Å². The number of hydrogen-bond donors (Lipinski definition) is 0. The van der Waals surface area contributed by atoms with Gasteiger partial charge >= 0.3 is 0 Å². The summed E-state index contributed by atoms with van der Waals surface area (Å²) in [6.07, 6.45) is 9.78. The fourth-order valence-corrected chi connectivity index (χ4v) is 15.9. The Balaban J connectivity index is 1.20. The van der Waals surface area contributed by atoms with Crippen LogP contribution in [0.2, 0.25) is 0 Å². The summed E-state index contributed by atoms with van der Waals surface area (Å²) in [6.45, 7) is 39.2. The van der Waals surface area contributed by atoms with Gasteiger partial charge in [0.1, 0.15) is 5.58 Å². The summed E-state index contributed by atoms with van der Waals surface area (Å²) in [4.78, 5) is 5.43. The highest BCUT2D eigenvalue weighted by molar-refractivity contribution is 7.00. The van der Waals surface area contributed by atoms with Gasteiger partial charge in [0.15, 0.2) is 0 Å². The Hall–Kier alpha value is -5.48. The van der Waals surface area contributed by atoms with Crippen LogP contribution in [0.4, 0.5) is 34.1 Å². The third-order valence-corrected chi connectivity index (χ3v) is 20.8. The van der Waals surface area contributed by atoms with Crippen molar-refractivity contribution in [3.8, 4) is 11.1 Å². The molecule has 13 rings (SSSR count). The molecule has 0 radical (unpaired) electrons. The highest BCUT2D eigenvalue weighted by Crippen LogP contribution is 2.59. The van der Waals surface area contributed by atoms with Crippen LogP contribution in [0.15, 0.2) is 108 Å². The van der Waals surface area contributed by atoms with E-state index >= 15 is 0 Å². The van der Waals surface area contributed by atoms with E-state index in [1.54, 1.807) is 5.56 Å². The average molecular weight is 991 g/mol. The Bertz CT molecular complexity index is 3520. The van der Waals surface area contributed by atoms with E-state index in [0.29, 0.717) is 5.92 Å². The van der Waals surface area contributed by atoms with Crippen molar-refractivity contribution in [2.75, 3.05) is 9.80 Å². The van der Waals surface area contributed by atoms with Crippen molar-refractivity contribution in [1.29, 1.82) is 0 Å². The third kappa shape index (κ3) is 7.18. The van der Waals surface area contributed by atoms with Crippen LogP contribution in [0.1, 0.15) is 213 Å². The van der Waals surface area contributed by atoms with Crippen LogP contribution in [-0.4, -0.2) is 6.71 Å². The van der Waals surface area contributed by atoms with Crippen molar-refractivity contribution in [2.45, 2.75) is 206 Å². The third-order valence-electron chi connectivity index (χ3n) is 20.8. The Morgan fingerprint density at radius 1 is 0.560 bits per heavy atom. The number of hydrogen-bond acceptors (Lipinski definition) is 3. The Morgan fingerprint density at radius 3 is 1.83 bits per heavy atom. The molecule has 2 aliphatic heterocycles. The van der Waals surface area contributed by atoms with Gasteiger partial charge in [-0.2, -0.15) is 0 Å². The van der Waals surface area contributed by atoms with Crippen molar-refractivity contribution in [1.82, 2.24) is 0 Å². The first-order valence-electron chi connectivity index (χ1n) is 29.1. The lowest BCUT2D eigenvalue weighted by Crippen LogP contribution is -2.61. The second-order valence-corrected chi connectivity index (χ2v) is 29.8. The second-order valence-electron chi connectivity index (χ2n) is 29.8. The van der Waals surface area contributed by atoms with Crippen LogP contribution in [0, 0.1) is 5.92 Å². The van der Waals surface area contributed by atoms with Gasteiger partial charge in [-0.1, -0.05) is 172 Å². The number of rotatable bonds is 3. The van der Waals surface area contributed by atoms with E-state index in [4.69, 9.17) is 4.42 Å². The van der Waals surface area contributed by atoms with Gasteiger partial charge in [-0.05, 0) is 204 Å². The van der Waals surface area contributed by atoms with Crippen LogP contribution < -0.4 is 26.4 Å². The first-order valence-corrected chi connectivity index (χ1v) is 29.1. The minimum absolute atomic E-state index is 0.00541. The molecule has 1 saturated carbocycles. The van der Waals surface area contributed by atoms with E-state index in [-0.39, 0.29) is 44.6 Å². The van der Waals surface area contributed by atoms with Gasteiger partial charge in [-0.25, -0.2) is 0 Å². The topological polar surface area (TPSA) is 19.6 Å². The fraction of sp³-hybridized carbons (Fsp3) is 0.465. The predicted octanol–water partition coefficient (Wildman–Crippen LogP) is 18.0. The van der Waals surface area contributed by atoms with E-state index < -0.39 is 0 Å². The van der Waals surface area contributed by atoms with Gasteiger partial charge in [-0.3, -0.25) is 0 Å². The van der Waals surface area contributed by atoms with Crippen molar-refractivity contribution in [3.63, 3.8) is 0 Å². The van der Waals surface area contributed by atoms with Crippen LogP contribution in [0.25, 0.3) is 22.1 Å². The quantitative estimate of drug-likeness (QED) is 0.165. The molecule has 2 bridgehead atoms. The lowest BCUT2D eigenvalue weighted by atomic mass is 9.35. The molecule has 7 aromatic rings. The molecule has 1 aromatic heterocycles. The maximum Gasteiger partial charge on any atom is 0.297 e. The number of benzene rings is 6. The van der Waals surface area contributed by atoms with Crippen molar-refractivity contribution >= 4 is 68.4 Å². The van der Waals surface area contributed by atoms with Crippen molar-refractivity contribution < 1.29 is 4.42 Å². The Morgan fingerprint density at radius 2 is 1.17 bits per heavy atom. The highest BCUT2D eigenvalue weighted by atomic mass is 16.3. The summed E-state index contributed by atoms with van der Waals surface area (Å²) in [5.41, 5.74) is 26.7. The summed E-state index contributed by atoms with van der Waals surface area (Å²) >= 11 is 0. The van der Waals surface area contributed by atoms with Crippen LogP contribution in [-0.2, 0) is 37.9 Å². The van der Waals surface area contributed by atoms with E-state index in [2.05, 4.69) is 224 Å². The molecule has 3 atom stereocenters. The summed E-state index contributed by atoms with van der Waals surface area (Å²) in [6, 6.07) is 41.8. The molecule has 4 aliphatic carbocycles. The Labute approximate surface area is 451 Å². The smallest absolute Gasteiger partial charge is 0.297 e. The van der Waals surface area contributed by atoms with Gasteiger partial charge in [0.05, 0.1) is 17.0 Å². The molecule has 3 nitrogen and oxygen atoms in total. The summed E-state index contributed by atoms with van der Waals surface area (Å²) < 4.78 is 7.83. The highest BCUT2D eigenvalue weighted by Gasteiger charge is 2.52. The maximum absolute atomic E-state index is 7.83. The van der Waals surface area contributed by atoms with E-state index in [1.165, 1.54) is 133 Å². The molecule has 6 aliphatic rings. The van der Waals surface area contributed by atoms with E-state index in [1.807, 2.05) is 0 Å². The molecular weight excluding hydrogens is 908 g/mol. The first-order chi connectivity index (χ1) is 35.2. The van der Waals surface area contributed by atoms with E-state index in [9.17, 15) is 0 Å². The van der Waals surface area contributed by atoms with Crippen LogP contribution in [0.3, 0.4) is 0 Å². The average Bonchev–Trinajstić information content (AvgIpc) is 3.74. The van der Waals surface area contributed by atoms with Crippen LogP contribution in [0.5, 0.6) is 0 Å². The van der Waals surface area contributed by atoms with Crippen molar-refractivity contribution in [3.05, 3.63) is 148 Å². The largest absolute Gasteiger partial charge is 0.468 e. The minimum atomic E-state index is -0.152. The summed E-state index contributed by atoms with van der Waals surface area (Å²) in [7, 11) is 0. The second kappa shape index (κ2) is 15.8. The first kappa shape index (κ1) is 49.1. The zero-order valence-corrected chi connectivity index (χ0v) is 48.5. The SMILES string of the molecule is CC1c2cc3oc4c(c3cc2C2(C)CCCC1C2)N(c1ccc(C(C)(C)C)cc1)c1cc(C(C)(C)C)cc2c1B4c1cc3c(cc1N2c1ccc2c(c1-c1ccccc1)C(C)(C)CCC2(C)C)C(C)(C)CCC3(C)C. The van der Waals surface area contributed by atoms with Crippen molar-refractivity contribution in [2.24, 2.45) is 5.92 Å². The molecule has 1 fully saturated rings. The molecule has 4 heteroatoms. The van der Waals surface area contributed by atoms with Gasteiger partial charge in [0.25, 0.3) is 6.71 Å². The molecule has 3 unspecified atom stereocenters. The summed E-state index contributed by atoms with van der Waals surface area (Å²) in [5, 5.41) is 1.25. The molecule has 0 amide bonds. The Kier molecular flexibility index (Phi) is 10.4. The zero-order chi connectivity index (χ0) is 52.9.